The van der Waals surface area contributed by atoms with Crippen LogP contribution >= 0.6 is 0 Å². The highest BCUT2D eigenvalue weighted by Crippen LogP contribution is 2.24. The van der Waals surface area contributed by atoms with E-state index < -0.39 is 6.10 Å². The van der Waals surface area contributed by atoms with Crippen LogP contribution in [0.1, 0.15) is 23.1 Å². The van der Waals surface area contributed by atoms with E-state index in [1.54, 1.807) is 0 Å². The average molecular weight is 228 g/mol. The van der Waals surface area contributed by atoms with E-state index in [4.69, 9.17) is 4.74 Å². The normalized spacial score (nSPS) is 22.5. The first-order valence-corrected chi connectivity index (χ1v) is 5.50. The Morgan fingerprint density at radius 3 is 3.18 bits per heavy atom. The molecule has 1 N–H and O–H groups in total. The van der Waals surface area contributed by atoms with Gasteiger partial charge in [0.05, 0.1) is 18.0 Å². The number of nitrogens with one attached hydrogen (secondary N) is 1. The second-order valence-electron chi connectivity index (χ2n) is 4.17. The van der Waals surface area contributed by atoms with Crippen molar-refractivity contribution in [2.75, 3.05) is 6.61 Å². The lowest BCUT2D eigenvalue weighted by atomic mass is 10.1. The highest BCUT2D eigenvalue weighted by Gasteiger charge is 2.28. The van der Waals surface area contributed by atoms with Crippen molar-refractivity contribution in [3.05, 3.63) is 47.4 Å². The summed E-state index contributed by atoms with van der Waals surface area (Å²) in [5, 5.41) is 2.68. The third-order valence-corrected chi connectivity index (χ3v) is 2.88. The molecule has 0 radical (unpaired) electrons. The van der Waals surface area contributed by atoms with Crippen LogP contribution in [0.5, 0.6) is 0 Å². The van der Waals surface area contributed by atoms with Gasteiger partial charge in [0.25, 0.3) is 5.91 Å². The molecule has 1 unspecified atom stereocenters. The minimum Gasteiger partial charge on any atom is -0.356 e. The smallest absolute Gasteiger partial charge is 0.259 e. The van der Waals surface area contributed by atoms with Crippen molar-refractivity contribution in [3.8, 4) is 0 Å². The topological polar surface area (TPSA) is 51.2 Å². The zero-order chi connectivity index (χ0) is 11.8. The van der Waals surface area contributed by atoms with Gasteiger partial charge >= 0.3 is 0 Å². The monoisotopic (exact) mass is 228 g/mol. The number of allylic oxidation sites excluding steroid dienone is 1. The largest absolute Gasteiger partial charge is 0.356 e. The number of aromatic nitrogens is 1. The summed E-state index contributed by atoms with van der Waals surface area (Å²) in [5.41, 5.74) is 3.37. The third-order valence-electron chi connectivity index (χ3n) is 2.88. The molecule has 1 fully saturated rings. The molecule has 4 nitrogen and oxygen atoms in total. The maximum absolute atomic E-state index is 11.8. The first-order chi connectivity index (χ1) is 8.24. The SMILES string of the molecule is C=C1COC(c2ccc3c(n2)C=CC3)C(=O)N1. The number of morpholine rings is 1. The number of fused-ring (bicyclic) bond motifs is 1. The van der Waals surface area contributed by atoms with Gasteiger partial charge in [0, 0.05) is 5.70 Å². The molecule has 1 aromatic heterocycles. The molecule has 2 aliphatic rings. The van der Waals surface area contributed by atoms with E-state index in [0.29, 0.717) is 18.0 Å². The third kappa shape index (κ3) is 1.76. The molecule has 2 heterocycles. The van der Waals surface area contributed by atoms with Crippen molar-refractivity contribution in [2.45, 2.75) is 12.5 Å². The van der Waals surface area contributed by atoms with Gasteiger partial charge in [0.1, 0.15) is 0 Å². The van der Waals surface area contributed by atoms with Crippen molar-refractivity contribution in [1.29, 1.82) is 0 Å². The molecule has 0 aromatic carbocycles. The Bertz CT molecular complexity index is 534. The summed E-state index contributed by atoms with van der Waals surface area (Å²) in [6.45, 7) is 4.00. The highest BCUT2D eigenvalue weighted by atomic mass is 16.5. The van der Waals surface area contributed by atoms with Crippen molar-refractivity contribution in [2.24, 2.45) is 0 Å². The minimum atomic E-state index is -0.625. The zero-order valence-electron chi connectivity index (χ0n) is 9.27. The number of pyridine rings is 1. The molecule has 3 rings (SSSR count). The summed E-state index contributed by atoms with van der Waals surface area (Å²) in [7, 11) is 0. The van der Waals surface area contributed by atoms with Crippen molar-refractivity contribution in [1.82, 2.24) is 10.3 Å². The predicted octanol–water partition coefficient (Wildman–Crippen LogP) is 1.35. The predicted molar refractivity (Wildman–Crippen MR) is 63.0 cm³/mol. The van der Waals surface area contributed by atoms with E-state index in [1.807, 2.05) is 18.2 Å². The standard InChI is InChI=1S/C13H12N2O2/c1-8-7-17-12(13(16)14-8)11-6-5-9-3-2-4-10(9)15-11/h2,4-6,12H,1,3,7H2,(H,14,16). The van der Waals surface area contributed by atoms with E-state index >= 15 is 0 Å². The summed E-state index contributed by atoms with van der Waals surface area (Å²) in [6.07, 6.45) is 4.32. The lowest BCUT2D eigenvalue weighted by molar-refractivity contribution is -0.135. The summed E-state index contributed by atoms with van der Waals surface area (Å²) < 4.78 is 5.45. The van der Waals surface area contributed by atoms with E-state index in [1.165, 1.54) is 5.56 Å². The Morgan fingerprint density at radius 1 is 1.47 bits per heavy atom. The Labute approximate surface area is 99.0 Å². The number of rotatable bonds is 1. The van der Waals surface area contributed by atoms with Crippen LogP contribution in [0.2, 0.25) is 0 Å². The maximum atomic E-state index is 11.8. The summed E-state index contributed by atoms with van der Waals surface area (Å²) >= 11 is 0. The van der Waals surface area contributed by atoms with Gasteiger partial charge in [-0.05, 0) is 24.1 Å². The molecule has 1 saturated heterocycles. The summed E-state index contributed by atoms with van der Waals surface area (Å²) in [6, 6.07) is 3.85. The molecular formula is C13H12N2O2. The van der Waals surface area contributed by atoms with E-state index in [9.17, 15) is 4.79 Å². The molecule has 0 saturated carbocycles. The molecule has 0 spiro atoms. The average Bonchev–Trinajstić information content (AvgIpc) is 2.75. The molecule has 0 bridgehead atoms. The Hall–Kier alpha value is -1.94. The number of carbonyl (C=O) groups is 1. The number of hydrogen-bond donors (Lipinski definition) is 1. The van der Waals surface area contributed by atoms with Crippen LogP contribution in [0.15, 0.2) is 30.5 Å². The fraction of sp³-hybridized carbons (Fsp3) is 0.231. The van der Waals surface area contributed by atoms with Gasteiger partial charge in [-0.15, -0.1) is 0 Å². The van der Waals surface area contributed by atoms with Gasteiger partial charge in [0.15, 0.2) is 6.10 Å². The van der Waals surface area contributed by atoms with Crippen molar-refractivity contribution < 1.29 is 9.53 Å². The second kappa shape index (κ2) is 3.82. The second-order valence-corrected chi connectivity index (χ2v) is 4.17. The molecule has 1 atom stereocenters. The first kappa shape index (κ1) is 10.2. The van der Waals surface area contributed by atoms with Crippen LogP contribution in [-0.4, -0.2) is 17.5 Å². The zero-order valence-corrected chi connectivity index (χ0v) is 9.27. The van der Waals surface area contributed by atoms with Gasteiger partial charge in [-0.2, -0.15) is 0 Å². The van der Waals surface area contributed by atoms with Crippen LogP contribution in [0.25, 0.3) is 6.08 Å². The quantitative estimate of drug-likeness (QED) is 0.789. The van der Waals surface area contributed by atoms with Crippen LogP contribution in [0.4, 0.5) is 0 Å². The van der Waals surface area contributed by atoms with Gasteiger partial charge in [-0.25, -0.2) is 4.98 Å². The van der Waals surface area contributed by atoms with Gasteiger partial charge in [0.2, 0.25) is 0 Å². The van der Waals surface area contributed by atoms with E-state index in [-0.39, 0.29) is 5.91 Å². The van der Waals surface area contributed by atoms with Crippen molar-refractivity contribution in [3.63, 3.8) is 0 Å². The van der Waals surface area contributed by atoms with Crippen LogP contribution in [0, 0.1) is 0 Å². The minimum absolute atomic E-state index is 0.198. The molecule has 1 aliphatic heterocycles. The van der Waals surface area contributed by atoms with E-state index in [2.05, 4.69) is 23.0 Å². The molecule has 1 aliphatic carbocycles. The van der Waals surface area contributed by atoms with Gasteiger partial charge < -0.3 is 10.1 Å². The Kier molecular flexibility index (Phi) is 2.30. The fourth-order valence-corrected chi connectivity index (χ4v) is 2.04. The van der Waals surface area contributed by atoms with E-state index in [0.717, 1.165) is 12.1 Å². The fourth-order valence-electron chi connectivity index (χ4n) is 2.04. The molecule has 86 valence electrons. The molecular weight excluding hydrogens is 216 g/mol. The van der Waals surface area contributed by atoms with Crippen LogP contribution in [-0.2, 0) is 16.0 Å². The molecule has 17 heavy (non-hydrogen) atoms. The van der Waals surface area contributed by atoms with Gasteiger partial charge in [-0.1, -0.05) is 18.7 Å². The summed E-state index contributed by atoms with van der Waals surface area (Å²) in [4.78, 5) is 16.2. The Balaban J connectivity index is 1.91. The van der Waals surface area contributed by atoms with Crippen LogP contribution in [0.3, 0.4) is 0 Å². The maximum Gasteiger partial charge on any atom is 0.259 e. The number of amides is 1. The summed E-state index contributed by atoms with van der Waals surface area (Å²) in [5.74, 6) is -0.198. The molecule has 1 aromatic rings. The van der Waals surface area contributed by atoms with Crippen LogP contribution < -0.4 is 5.32 Å². The highest BCUT2D eigenvalue weighted by molar-refractivity contribution is 5.84. The van der Waals surface area contributed by atoms with Crippen molar-refractivity contribution >= 4 is 12.0 Å². The number of ether oxygens (including phenoxy) is 1. The molecule has 1 amide bonds. The number of hydrogen-bond acceptors (Lipinski definition) is 3. The number of nitrogens with zero attached hydrogens (tertiary/aromatic N) is 1. The molecule has 4 heteroatoms. The lowest BCUT2D eigenvalue weighted by Gasteiger charge is -2.23. The first-order valence-electron chi connectivity index (χ1n) is 5.50. The Morgan fingerprint density at radius 2 is 2.35 bits per heavy atom. The number of carbonyl (C=O) groups excluding carboxylic acids is 1. The van der Waals surface area contributed by atoms with Gasteiger partial charge in [-0.3, -0.25) is 4.79 Å². The lowest BCUT2D eigenvalue weighted by Crippen LogP contribution is -2.37.